The van der Waals surface area contributed by atoms with Crippen molar-refractivity contribution in [1.82, 2.24) is 9.55 Å². The summed E-state index contributed by atoms with van der Waals surface area (Å²) in [5.74, 6) is 0.384. The SMILES string of the molecule is COC(=O)c1c(-c2cc(OC)c(C)c(OC)c2)c2ccc(Cl)nc2c(=O)n1-c1ccc(N)cc1. The van der Waals surface area contributed by atoms with Gasteiger partial charge in [-0.2, -0.15) is 0 Å². The van der Waals surface area contributed by atoms with E-state index in [1.165, 1.54) is 11.7 Å². The van der Waals surface area contributed by atoms with Crippen LogP contribution < -0.4 is 20.8 Å². The van der Waals surface area contributed by atoms with E-state index in [1.54, 1.807) is 62.8 Å². The lowest BCUT2D eigenvalue weighted by molar-refractivity contribution is 0.0591. The lowest BCUT2D eigenvalue weighted by Crippen LogP contribution is -2.27. The van der Waals surface area contributed by atoms with Crippen molar-refractivity contribution < 1.29 is 19.0 Å². The fourth-order valence-corrected chi connectivity index (χ4v) is 4.08. The molecule has 0 radical (unpaired) electrons. The molecule has 0 spiro atoms. The molecule has 9 heteroatoms. The number of nitrogens with zero attached hydrogens (tertiary/aromatic N) is 2. The molecule has 2 N–H and O–H groups in total. The Morgan fingerprint density at radius 1 is 1.00 bits per heavy atom. The maximum Gasteiger partial charge on any atom is 0.355 e. The minimum absolute atomic E-state index is 0.0156. The quantitative estimate of drug-likeness (QED) is 0.257. The first kappa shape index (κ1) is 23.1. The molecule has 0 aliphatic rings. The number of aromatic nitrogens is 2. The van der Waals surface area contributed by atoms with E-state index in [0.717, 1.165) is 5.56 Å². The van der Waals surface area contributed by atoms with Gasteiger partial charge in [0.25, 0.3) is 5.56 Å². The van der Waals surface area contributed by atoms with Crippen molar-refractivity contribution in [2.24, 2.45) is 0 Å². The molecule has 0 aliphatic heterocycles. The van der Waals surface area contributed by atoms with Crippen LogP contribution in [0.15, 0.2) is 53.3 Å². The first-order chi connectivity index (χ1) is 16.3. The topological polar surface area (TPSA) is 106 Å². The van der Waals surface area contributed by atoms with Crippen LogP contribution in [0.4, 0.5) is 5.69 Å². The predicted molar refractivity (Wildman–Crippen MR) is 131 cm³/mol. The summed E-state index contributed by atoms with van der Waals surface area (Å²) >= 11 is 6.15. The van der Waals surface area contributed by atoms with E-state index in [-0.39, 0.29) is 16.4 Å². The first-order valence-electron chi connectivity index (χ1n) is 10.2. The highest BCUT2D eigenvalue weighted by molar-refractivity contribution is 6.30. The summed E-state index contributed by atoms with van der Waals surface area (Å²) in [7, 11) is 4.34. The Labute approximate surface area is 200 Å². The zero-order valence-corrected chi connectivity index (χ0v) is 19.8. The highest BCUT2D eigenvalue weighted by Gasteiger charge is 2.27. The second-order valence-corrected chi connectivity index (χ2v) is 7.87. The zero-order chi connectivity index (χ0) is 24.6. The number of esters is 1. The van der Waals surface area contributed by atoms with Gasteiger partial charge in [-0.1, -0.05) is 11.6 Å². The van der Waals surface area contributed by atoms with Crippen molar-refractivity contribution in [3.63, 3.8) is 0 Å². The Morgan fingerprint density at radius 2 is 1.62 bits per heavy atom. The number of nitrogens with two attached hydrogens (primary N) is 1. The molecule has 0 bridgehead atoms. The Balaban J connectivity index is 2.26. The molecule has 2 heterocycles. The van der Waals surface area contributed by atoms with E-state index in [0.29, 0.717) is 39.4 Å². The molecular formula is C25H22ClN3O5. The molecule has 2 aromatic carbocycles. The van der Waals surface area contributed by atoms with Gasteiger partial charge in [0.05, 0.1) is 21.3 Å². The normalized spacial score (nSPS) is 10.9. The molecular weight excluding hydrogens is 458 g/mol. The number of hydrogen-bond donors (Lipinski definition) is 1. The van der Waals surface area contributed by atoms with E-state index in [4.69, 9.17) is 31.5 Å². The molecule has 0 unspecified atom stereocenters. The van der Waals surface area contributed by atoms with Crippen LogP contribution in [0.25, 0.3) is 27.7 Å². The standard InChI is InChI=1S/C25H22ClN3O5/c1-13-18(32-2)11-14(12-19(13)33-3)21-17-9-10-20(26)28-22(17)24(30)29(23(21)25(31)34-4)16-7-5-15(27)6-8-16/h5-12H,27H2,1-4H3. The van der Waals surface area contributed by atoms with Crippen LogP contribution in [0, 0.1) is 6.92 Å². The third-order valence-corrected chi connectivity index (χ3v) is 5.78. The van der Waals surface area contributed by atoms with Gasteiger partial charge in [0.2, 0.25) is 0 Å². The van der Waals surface area contributed by atoms with Crippen LogP contribution in [0.5, 0.6) is 11.5 Å². The van der Waals surface area contributed by atoms with Crippen molar-refractivity contribution in [1.29, 1.82) is 0 Å². The summed E-state index contributed by atoms with van der Waals surface area (Å²) in [4.78, 5) is 31.1. The van der Waals surface area contributed by atoms with Crippen molar-refractivity contribution >= 4 is 34.2 Å². The lowest BCUT2D eigenvalue weighted by Gasteiger charge is -2.20. The number of hydrogen-bond acceptors (Lipinski definition) is 7. The number of carbonyl (C=O) groups excluding carboxylic acids is 1. The Morgan fingerprint density at radius 3 is 2.18 bits per heavy atom. The number of methoxy groups -OCH3 is 3. The van der Waals surface area contributed by atoms with Crippen molar-refractivity contribution in [3.8, 4) is 28.3 Å². The molecule has 174 valence electrons. The number of benzene rings is 2. The van der Waals surface area contributed by atoms with Crippen molar-refractivity contribution in [2.45, 2.75) is 6.92 Å². The second-order valence-electron chi connectivity index (χ2n) is 7.48. The van der Waals surface area contributed by atoms with E-state index >= 15 is 0 Å². The number of fused-ring (bicyclic) bond motifs is 1. The van der Waals surface area contributed by atoms with Crippen LogP contribution in [-0.2, 0) is 4.74 Å². The van der Waals surface area contributed by atoms with Crippen LogP contribution in [0.3, 0.4) is 0 Å². The minimum Gasteiger partial charge on any atom is -0.496 e. The maximum atomic E-state index is 13.6. The average Bonchev–Trinajstić information content (AvgIpc) is 2.84. The predicted octanol–water partition coefficient (Wildman–Crippen LogP) is 4.40. The van der Waals surface area contributed by atoms with E-state index < -0.39 is 11.5 Å². The summed E-state index contributed by atoms with van der Waals surface area (Å²) in [5, 5.41) is 0.568. The Kier molecular flexibility index (Phi) is 6.17. The van der Waals surface area contributed by atoms with Crippen LogP contribution in [0.1, 0.15) is 16.1 Å². The van der Waals surface area contributed by atoms with Gasteiger partial charge >= 0.3 is 5.97 Å². The number of nitrogen functional groups attached to an aromatic ring is 1. The number of ether oxygens (including phenoxy) is 3. The zero-order valence-electron chi connectivity index (χ0n) is 19.0. The van der Waals surface area contributed by atoms with Gasteiger partial charge in [-0.15, -0.1) is 0 Å². The molecule has 0 saturated carbocycles. The molecule has 34 heavy (non-hydrogen) atoms. The molecule has 2 aromatic heterocycles. The van der Waals surface area contributed by atoms with E-state index in [9.17, 15) is 9.59 Å². The second kappa shape index (κ2) is 9.07. The monoisotopic (exact) mass is 479 g/mol. The van der Waals surface area contributed by atoms with Crippen molar-refractivity contribution in [3.05, 3.63) is 75.3 Å². The molecule has 4 aromatic rings. The molecule has 8 nitrogen and oxygen atoms in total. The smallest absolute Gasteiger partial charge is 0.355 e. The molecule has 0 aliphatic carbocycles. The van der Waals surface area contributed by atoms with Crippen molar-refractivity contribution in [2.75, 3.05) is 27.1 Å². The third-order valence-electron chi connectivity index (χ3n) is 5.57. The Hall–Kier alpha value is -4.04. The molecule has 0 fully saturated rings. The van der Waals surface area contributed by atoms with Crippen LogP contribution in [-0.4, -0.2) is 36.8 Å². The summed E-state index contributed by atoms with van der Waals surface area (Å²) < 4.78 is 17.5. The summed E-state index contributed by atoms with van der Waals surface area (Å²) in [6.07, 6.45) is 0. The lowest BCUT2D eigenvalue weighted by atomic mass is 9.96. The summed E-state index contributed by atoms with van der Waals surface area (Å²) in [6, 6.07) is 13.3. The fourth-order valence-electron chi connectivity index (χ4n) is 3.93. The molecule has 0 atom stereocenters. The van der Waals surface area contributed by atoms with Crippen LogP contribution >= 0.6 is 11.6 Å². The Bertz CT molecular complexity index is 1450. The number of carbonyl (C=O) groups is 1. The first-order valence-corrected chi connectivity index (χ1v) is 10.6. The largest absolute Gasteiger partial charge is 0.496 e. The van der Waals surface area contributed by atoms with Gasteiger partial charge in [0.15, 0.2) is 0 Å². The maximum absolute atomic E-state index is 13.6. The highest BCUT2D eigenvalue weighted by Crippen LogP contribution is 2.39. The average molecular weight is 480 g/mol. The van der Waals surface area contributed by atoms with Gasteiger partial charge in [-0.25, -0.2) is 9.78 Å². The highest BCUT2D eigenvalue weighted by atomic mass is 35.5. The van der Waals surface area contributed by atoms with Gasteiger partial charge < -0.3 is 19.9 Å². The number of anilines is 1. The number of pyridine rings is 2. The third kappa shape index (κ3) is 3.82. The van der Waals surface area contributed by atoms with Crippen LogP contribution in [0.2, 0.25) is 5.15 Å². The minimum atomic E-state index is -0.709. The summed E-state index contributed by atoms with van der Waals surface area (Å²) in [6.45, 7) is 1.86. The van der Waals surface area contributed by atoms with Gasteiger partial charge in [0, 0.05) is 27.9 Å². The van der Waals surface area contributed by atoms with Gasteiger partial charge in [-0.05, 0) is 61.0 Å². The van der Waals surface area contributed by atoms with E-state index in [1.807, 2.05) is 6.92 Å². The molecule has 0 saturated heterocycles. The molecule has 4 rings (SSSR count). The molecule has 0 amide bonds. The van der Waals surface area contributed by atoms with Gasteiger partial charge in [-0.3, -0.25) is 9.36 Å². The van der Waals surface area contributed by atoms with E-state index in [2.05, 4.69) is 4.98 Å². The number of halogens is 1. The fraction of sp³-hybridized carbons (Fsp3) is 0.160. The van der Waals surface area contributed by atoms with Gasteiger partial charge in [0.1, 0.15) is 27.9 Å². The number of rotatable bonds is 5. The summed E-state index contributed by atoms with van der Waals surface area (Å²) in [5.41, 5.74) is 8.10.